The van der Waals surface area contributed by atoms with Crippen LogP contribution < -0.4 is 11.1 Å². The van der Waals surface area contributed by atoms with Crippen molar-refractivity contribution >= 4 is 17.7 Å². The van der Waals surface area contributed by atoms with Crippen molar-refractivity contribution in [2.24, 2.45) is 11.7 Å². The lowest BCUT2D eigenvalue weighted by Gasteiger charge is -2.29. The van der Waals surface area contributed by atoms with Crippen LogP contribution in [0.5, 0.6) is 0 Å². The summed E-state index contributed by atoms with van der Waals surface area (Å²) in [7, 11) is 0. The minimum absolute atomic E-state index is 0.112. The number of carbonyl (C=O) groups is 3. The summed E-state index contributed by atoms with van der Waals surface area (Å²) in [5.74, 6) is -0.0200. The Morgan fingerprint density at radius 1 is 1.14 bits per heavy atom. The van der Waals surface area contributed by atoms with Gasteiger partial charge in [0.05, 0.1) is 0 Å². The van der Waals surface area contributed by atoms with Crippen LogP contribution in [0.25, 0.3) is 0 Å². The molecule has 148 valence electrons. The van der Waals surface area contributed by atoms with Gasteiger partial charge in [-0.05, 0) is 48.8 Å². The number of benzene rings is 1. The molecule has 3 N–H and O–H groups in total. The Morgan fingerprint density at radius 2 is 2.00 bits per heavy atom. The maximum atomic E-state index is 12.8. The molecule has 1 aromatic carbocycles. The number of piperidine rings is 1. The third-order valence-electron chi connectivity index (χ3n) is 6.80. The van der Waals surface area contributed by atoms with Crippen LogP contribution in [0, 0.1) is 5.92 Å². The predicted molar refractivity (Wildman–Crippen MR) is 102 cm³/mol. The van der Waals surface area contributed by atoms with Crippen LogP contribution in [-0.4, -0.2) is 52.2 Å². The molecule has 28 heavy (non-hydrogen) atoms. The van der Waals surface area contributed by atoms with Gasteiger partial charge in [-0.2, -0.15) is 0 Å². The summed E-state index contributed by atoms with van der Waals surface area (Å²) in [5.41, 5.74) is 9.04. The van der Waals surface area contributed by atoms with Crippen molar-refractivity contribution < 1.29 is 14.4 Å². The molecule has 2 saturated heterocycles. The van der Waals surface area contributed by atoms with Gasteiger partial charge in [0.1, 0.15) is 6.04 Å². The summed E-state index contributed by atoms with van der Waals surface area (Å²) in [5, 5.41) is 2.35. The highest BCUT2D eigenvalue weighted by atomic mass is 16.2. The Labute approximate surface area is 164 Å². The number of rotatable bonds is 3. The summed E-state index contributed by atoms with van der Waals surface area (Å²) in [6, 6.07) is 6.39. The molecule has 0 aromatic heterocycles. The fourth-order valence-electron chi connectivity index (χ4n) is 5.53. The van der Waals surface area contributed by atoms with E-state index in [2.05, 4.69) is 16.3 Å². The second kappa shape index (κ2) is 6.67. The van der Waals surface area contributed by atoms with E-state index in [0.29, 0.717) is 36.5 Å². The number of nitrogens with zero attached hydrogens (tertiary/aromatic N) is 2. The maximum absolute atomic E-state index is 12.8. The van der Waals surface area contributed by atoms with Crippen molar-refractivity contribution in [3.8, 4) is 0 Å². The van der Waals surface area contributed by atoms with Gasteiger partial charge in [0.2, 0.25) is 11.8 Å². The summed E-state index contributed by atoms with van der Waals surface area (Å²) < 4.78 is 0. The van der Waals surface area contributed by atoms with E-state index in [9.17, 15) is 14.4 Å². The highest BCUT2D eigenvalue weighted by Crippen LogP contribution is 2.36. The number of nitrogens with one attached hydrogen (secondary N) is 1. The van der Waals surface area contributed by atoms with Gasteiger partial charge in [0.15, 0.2) is 0 Å². The molecule has 1 aliphatic carbocycles. The van der Waals surface area contributed by atoms with Crippen molar-refractivity contribution in [1.29, 1.82) is 0 Å². The maximum Gasteiger partial charge on any atom is 0.255 e. The first-order valence-corrected chi connectivity index (χ1v) is 10.2. The SMILES string of the molecule is NC1CC2CC(C1)N(Cc1ccc3c(c1)CN(C1CCC(=O)NC1=O)C3=O)C2. The van der Waals surface area contributed by atoms with Gasteiger partial charge < -0.3 is 10.6 Å². The van der Waals surface area contributed by atoms with Crippen molar-refractivity contribution in [3.63, 3.8) is 0 Å². The minimum atomic E-state index is -0.555. The third-order valence-corrected chi connectivity index (χ3v) is 6.80. The molecule has 2 bridgehead atoms. The molecule has 0 spiro atoms. The molecule has 7 nitrogen and oxygen atoms in total. The number of hydrogen-bond acceptors (Lipinski definition) is 5. The molecule has 7 heteroatoms. The van der Waals surface area contributed by atoms with E-state index >= 15 is 0 Å². The Bertz CT molecular complexity index is 854. The largest absolute Gasteiger partial charge is 0.328 e. The predicted octanol–water partition coefficient (Wildman–Crippen LogP) is 0.759. The van der Waals surface area contributed by atoms with Gasteiger partial charge in [-0.25, -0.2) is 0 Å². The molecule has 1 saturated carbocycles. The first kappa shape index (κ1) is 17.8. The van der Waals surface area contributed by atoms with E-state index < -0.39 is 6.04 Å². The average molecular weight is 382 g/mol. The summed E-state index contributed by atoms with van der Waals surface area (Å²) in [6.07, 6.45) is 4.13. The number of nitrogens with two attached hydrogens (primary N) is 1. The Kier molecular flexibility index (Phi) is 4.25. The highest BCUT2D eigenvalue weighted by Gasteiger charge is 2.40. The van der Waals surface area contributed by atoms with Crippen LogP contribution in [0.4, 0.5) is 0 Å². The van der Waals surface area contributed by atoms with Crippen LogP contribution in [0.15, 0.2) is 18.2 Å². The van der Waals surface area contributed by atoms with E-state index in [0.717, 1.165) is 31.5 Å². The molecule has 1 aromatic rings. The van der Waals surface area contributed by atoms with Gasteiger partial charge in [-0.15, -0.1) is 0 Å². The van der Waals surface area contributed by atoms with Gasteiger partial charge in [-0.3, -0.25) is 24.6 Å². The summed E-state index contributed by atoms with van der Waals surface area (Å²) in [4.78, 5) is 40.5. The van der Waals surface area contributed by atoms with Gasteiger partial charge in [-0.1, -0.05) is 12.1 Å². The van der Waals surface area contributed by atoms with E-state index in [1.165, 1.54) is 12.0 Å². The van der Waals surface area contributed by atoms with E-state index in [1.54, 1.807) is 4.90 Å². The standard InChI is InChI=1S/C21H26N4O3/c22-15-6-13-7-16(8-15)24(10-13)9-12-1-2-17-14(5-12)11-25(21(17)28)18-3-4-19(26)23-20(18)27/h1-2,5,13,15-16,18H,3-4,6-11,22H2,(H,23,26,27). The lowest BCUT2D eigenvalue weighted by molar-refractivity contribution is -0.136. The lowest BCUT2D eigenvalue weighted by atomic mass is 9.87. The molecule has 4 atom stereocenters. The van der Waals surface area contributed by atoms with Crippen LogP contribution >= 0.6 is 0 Å². The number of likely N-dealkylation sites (tertiary alicyclic amines) is 1. The van der Waals surface area contributed by atoms with Crippen LogP contribution in [0.1, 0.15) is 53.6 Å². The van der Waals surface area contributed by atoms with E-state index in [1.807, 2.05) is 12.1 Å². The molecule has 3 heterocycles. The quantitative estimate of drug-likeness (QED) is 0.753. The monoisotopic (exact) mass is 382 g/mol. The fraction of sp³-hybridized carbons (Fsp3) is 0.571. The Balaban J connectivity index is 1.31. The topological polar surface area (TPSA) is 95.7 Å². The molecule has 0 radical (unpaired) electrons. The number of imide groups is 1. The Hall–Kier alpha value is -2.25. The molecular formula is C21H26N4O3. The van der Waals surface area contributed by atoms with Crippen molar-refractivity contribution in [1.82, 2.24) is 15.1 Å². The molecule has 4 aliphatic rings. The molecule has 4 unspecified atom stereocenters. The van der Waals surface area contributed by atoms with Crippen molar-refractivity contribution in [3.05, 3.63) is 34.9 Å². The van der Waals surface area contributed by atoms with Crippen molar-refractivity contribution in [2.75, 3.05) is 6.54 Å². The van der Waals surface area contributed by atoms with Gasteiger partial charge in [0.25, 0.3) is 5.91 Å². The third kappa shape index (κ3) is 3.02. The zero-order valence-electron chi connectivity index (χ0n) is 15.9. The van der Waals surface area contributed by atoms with Crippen LogP contribution in [0.3, 0.4) is 0 Å². The first-order valence-electron chi connectivity index (χ1n) is 10.2. The fourth-order valence-corrected chi connectivity index (χ4v) is 5.53. The molecule has 3 amide bonds. The number of amides is 3. The van der Waals surface area contributed by atoms with Gasteiger partial charge >= 0.3 is 0 Å². The first-order chi connectivity index (χ1) is 13.5. The summed E-state index contributed by atoms with van der Waals surface area (Å²) in [6.45, 7) is 2.43. The summed E-state index contributed by atoms with van der Waals surface area (Å²) >= 11 is 0. The van der Waals surface area contributed by atoms with Crippen molar-refractivity contribution in [2.45, 2.75) is 63.3 Å². The zero-order chi connectivity index (χ0) is 19.4. The molecular weight excluding hydrogens is 356 g/mol. The second-order valence-electron chi connectivity index (χ2n) is 8.81. The number of fused-ring (bicyclic) bond motifs is 3. The van der Waals surface area contributed by atoms with Crippen LogP contribution in [0.2, 0.25) is 0 Å². The highest BCUT2D eigenvalue weighted by molar-refractivity contribution is 6.05. The molecule has 3 fully saturated rings. The van der Waals surface area contributed by atoms with Crippen LogP contribution in [-0.2, 0) is 22.7 Å². The average Bonchev–Trinajstić information content (AvgIpc) is 3.11. The zero-order valence-corrected chi connectivity index (χ0v) is 15.9. The van der Waals surface area contributed by atoms with E-state index in [4.69, 9.17) is 5.73 Å². The minimum Gasteiger partial charge on any atom is -0.328 e. The van der Waals surface area contributed by atoms with E-state index in [-0.39, 0.29) is 24.1 Å². The van der Waals surface area contributed by atoms with Gasteiger partial charge in [0, 0.05) is 43.7 Å². The molecule has 3 aliphatic heterocycles. The number of hydrogen-bond donors (Lipinski definition) is 2. The smallest absolute Gasteiger partial charge is 0.255 e. The normalized spacial score (nSPS) is 32.6. The Morgan fingerprint density at radius 3 is 2.82 bits per heavy atom. The molecule has 5 rings (SSSR count). The second-order valence-corrected chi connectivity index (χ2v) is 8.81. The lowest BCUT2D eigenvalue weighted by Crippen LogP contribution is -2.52. The number of carbonyl (C=O) groups excluding carboxylic acids is 3.